The zero-order chi connectivity index (χ0) is 14.4. The van der Waals surface area contributed by atoms with Crippen LogP contribution in [0.5, 0.6) is 5.75 Å². The molecule has 0 aliphatic rings. The van der Waals surface area contributed by atoms with Crippen LogP contribution in [-0.4, -0.2) is 33.8 Å². The van der Waals surface area contributed by atoms with Crippen molar-refractivity contribution in [1.29, 1.82) is 0 Å². The molecular formula is C13H17BrO4S. The number of ether oxygens (including phenoxy) is 1. The number of hydrogen-bond donors (Lipinski definition) is 2. The van der Waals surface area contributed by atoms with Crippen molar-refractivity contribution in [2.24, 2.45) is 0 Å². The number of rotatable bonds is 6. The van der Waals surface area contributed by atoms with Crippen LogP contribution >= 0.6 is 27.7 Å². The lowest BCUT2D eigenvalue weighted by Crippen LogP contribution is -2.22. The van der Waals surface area contributed by atoms with Gasteiger partial charge < -0.3 is 14.9 Å². The van der Waals surface area contributed by atoms with E-state index < -0.39 is 12.2 Å². The van der Waals surface area contributed by atoms with Crippen LogP contribution in [-0.2, 0) is 4.79 Å². The Morgan fingerprint density at radius 1 is 1.47 bits per heavy atom. The van der Waals surface area contributed by atoms with E-state index in [9.17, 15) is 15.0 Å². The van der Waals surface area contributed by atoms with Crippen molar-refractivity contribution >= 4 is 32.8 Å². The summed E-state index contributed by atoms with van der Waals surface area (Å²) in [5.74, 6) is 0.680. The van der Waals surface area contributed by atoms with E-state index in [1.165, 1.54) is 6.92 Å². The lowest BCUT2D eigenvalue weighted by molar-refractivity contribution is -0.109. The molecule has 1 rings (SSSR count). The number of halogens is 1. The van der Waals surface area contributed by atoms with Gasteiger partial charge in [0.05, 0.1) is 12.7 Å². The molecule has 0 heterocycles. The monoisotopic (exact) mass is 348 g/mol. The van der Waals surface area contributed by atoms with E-state index in [1.807, 2.05) is 6.92 Å². The molecule has 0 radical (unpaired) electrons. The number of carbonyl (C=O) groups is 1. The molecule has 1 aromatic rings. The average molecular weight is 349 g/mol. The van der Waals surface area contributed by atoms with E-state index in [0.29, 0.717) is 17.9 Å². The number of carbonyl (C=O) groups excluding carboxylic acids is 1. The zero-order valence-electron chi connectivity index (χ0n) is 10.8. The first kappa shape index (κ1) is 16.5. The summed E-state index contributed by atoms with van der Waals surface area (Å²) in [5.41, 5.74) is 0.507. The first-order chi connectivity index (χ1) is 8.95. The Kier molecular flexibility index (Phi) is 6.85. The van der Waals surface area contributed by atoms with Gasteiger partial charge in [-0.25, -0.2) is 0 Å². The Balaban J connectivity index is 2.87. The molecule has 19 heavy (non-hydrogen) atoms. The minimum Gasteiger partial charge on any atom is -0.493 e. The van der Waals surface area contributed by atoms with Gasteiger partial charge >= 0.3 is 0 Å². The van der Waals surface area contributed by atoms with Gasteiger partial charge in [0, 0.05) is 22.7 Å². The van der Waals surface area contributed by atoms with Crippen molar-refractivity contribution in [2.75, 3.05) is 12.4 Å². The van der Waals surface area contributed by atoms with Crippen LogP contribution < -0.4 is 4.74 Å². The van der Waals surface area contributed by atoms with Crippen molar-refractivity contribution < 1.29 is 19.7 Å². The number of hydrogen-bond acceptors (Lipinski definition) is 5. The maximum Gasteiger partial charge on any atom is 0.185 e. The summed E-state index contributed by atoms with van der Waals surface area (Å²) in [7, 11) is 0. The van der Waals surface area contributed by atoms with Gasteiger partial charge in [0.2, 0.25) is 0 Å². The quantitative estimate of drug-likeness (QED) is 0.826. The zero-order valence-corrected chi connectivity index (χ0v) is 13.2. The number of aliphatic hydroxyl groups is 2. The molecule has 4 nitrogen and oxygen atoms in total. The predicted octanol–water partition coefficient (Wildman–Crippen LogP) is 2.52. The lowest BCUT2D eigenvalue weighted by Gasteiger charge is -2.20. The predicted molar refractivity (Wildman–Crippen MR) is 79.4 cm³/mol. The van der Waals surface area contributed by atoms with Gasteiger partial charge in [-0.2, -0.15) is 0 Å². The van der Waals surface area contributed by atoms with Gasteiger partial charge in [-0.3, -0.25) is 4.79 Å². The molecule has 2 unspecified atom stereocenters. The molecule has 0 fully saturated rings. The third-order valence-corrected chi connectivity index (χ3v) is 3.82. The first-order valence-corrected chi connectivity index (χ1v) is 7.65. The molecule has 106 valence electrons. The van der Waals surface area contributed by atoms with Crippen molar-refractivity contribution in [3.05, 3.63) is 28.2 Å². The SMILES string of the molecule is CCOc1ccc(Br)cc1C(O)C(O)CSC(C)=O. The average Bonchev–Trinajstić information content (AvgIpc) is 2.37. The third kappa shape index (κ3) is 5.14. The summed E-state index contributed by atoms with van der Waals surface area (Å²) in [6.45, 7) is 3.74. The van der Waals surface area contributed by atoms with Crippen LogP contribution in [0.4, 0.5) is 0 Å². The molecule has 2 N–H and O–H groups in total. The summed E-state index contributed by atoms with van der Waals surface area (Å²) in [6.07, 6.45) is -2.12. The van der Waals surface area contributed by atoms with Gasteiger partial charge in [-0.05, 0) is 25.1 Å². The van der Waals surface area contributed by atoms with Gasteiger partial charge in [0.25, 0.3) is 0 Å². The second-order valence-electron chi connectivity index (χ2n) is 3.93. The van der Waals surface area contributed by atoms with E-state index in [2.05, 4.69) is 15.9 Å². The minimum atomic E-state index is -1.09. The van der Waals surface area contributed by atoms with Crippen molar-refractivity contribution in [1.82, 2.24) is 0 Å². The Labute approximate surface area is 125 Å². The molecule has 0 aromatic heterocycles. The molecule has 0 saturated heterocycles. The highest BCUT2D eigenvalue weighted by atomic mass is 79.9. The number of thioether (sulfide) groups is 1. The van der Waals surface area contributed by atoms with Crippen LogP contribution in [0.3, 0.4) is 0 Å². The minimum absolute atomic E-state index is 0.0921. The molecule has 6 heteroatoms. The number of benzene rings is 1. The van der Waals surface area contributed by atoms with E-state index in [-0.39, 0.29) is 10.9 Å². The van der Waals surface area contributed by atoms with E-state index in [1.54, 1.807) is 18.2 Å². The summed E-state index contributed by atoms with van der Waals surface area (Å²) in [5, 5.41) is 20.0. The fourth-order valence-corrected chi connectivity index (χ4v) is 2.51. The molecule has 0 aliphatic carbocycles. The Morgan fingerprint density at radius 2 is 2.16 bits per heavy atom. The fraction of sp³-hybridized carbons (Fsp3) is 0.462. The summed E-state index contributed by atoms with van der Waals surface area (Å²) in [6, 6.07) is 5.24. The normalized spacial score (nSPS) is 13.9. The standard InChI is InChI=1S/C13H17BrO4S/c1-3-18-12-5-4-9(14)6-10(12)13(17)11(16)7-19-8(2)15/h4-6,11,13,16-17H,3,7H2,1-2H3. The van der Waals surface area contributed by atoms with Crippen LogP contribution in [0, 0.1) is 0 Å². The molecule has 0 aliphatic heterocycles. The Bertz CT molecular complexity index is 439. The fourth-order valence-electron chi connectivity index (χ4n) is 1.54. The lowest BCUT2D eigenvalue weighted by atomic mass is 10.0. The van der Waals surface area contributed by atoms with E-state index in [4.69, 9.17) is 4.74 Å². The van der Waals surface area contributed by atoms with Gasteiger partial charge in [-0.1, -0.05) is 27.7 Å². The van der Waals surface area contributed by atoms with Crippen LogP contribution in [0.1, 0.15) is 25.5 Å². The topological polar surface area (TPSA) is 66.8 Å². The van der Waals surface area contributed by atoms with Crippen molar-refractivity contribution in [3.8, 4) is 5.75 Å². The van der Waals surface area contributed by atoms with Crippen LogP contribution in [0.2, 0.25) is 0 Å². The van der Waals surface area contributed by atoms with Gasteiger partial charge in [0.15, 0.2) is 5.12 Å². The second kappa shape index (κ2) is 7.89. The molecule has 0 spiro atoms. The molecule has 1 aromatic carbocycles. The molecule has 0 amide bonds. The van der Waals surface area contributed by atoms with Crippen molar-refractivity contribution in [3.63, 3.8) is 0 Å². The maximum absolute atomic E-state index is 10.9. The Morgan fingerprint density at radius 3 is 2.74 bits per heavy atom. The van der Waals surface area contributed by atoms with E-state index in [0.717, 1.165) is 16.2 Å². The second-order valence-corrected chi connectivity index (χ2v) is 6.04. The third-order valence-electron chi connectivity index (χ3n) is 2.41. The van der Waals surface area contributed by atoms with Gasteiger partial charge in [0.1, 0.15) is 11.9 Å². The number of aliphatic hydroxyl groups excluding tert-OH is 2. The smallest absolute Gasteiger partial charge is 0.185 e. The highest BCUT2D eigenvalue weighted by Crippen LogP contribution is 2.31. The first-order valence-electron chi connectivity index (χ1n) is 5.87. The van der Waals surface area contributed by atoms with Crippen LogP contribution in [0.15, 0.2) is 22.7 Å². The van der Waals surface area contributed by atoms with Gasteiger partial charge in [-0.15, -0.1) is 0 Å². The summed E-state index contributed by atoms with van der Waals surface area (Å²) < 4.78 is 6.21. The van der Waals surface area contributed by atoms with E-state index >= 15 is 0 Å². The highest BCUT2D eigenvalue weighted by molar-refractivity contribution is 9.10. The maximum atomic E-state index is 10.9. The molecule has 0 bridgehead atoms. The molecular weight excluding hydrogens is 332 g/mol. The van der Waals surface area contributed by atoms with Crippen LogP contribution in [0.25, 0.3) is 0 Å². The van der Waals surface area contributed by atoms with Crippen molar-refractivity contribution in [2.45, 2.75) is 26.1 Å². The summed E-state index contributed by atoms with van der Waals surface area (Å²) in [4.78, 5) is 10.9. The Hall–Kier alpha value is -0.560. The highest BCUT2D eigenvalue weighted by Gasteiger charge is 2.22. The summed E-state index contributed by atoms with van der Waals surface area (Å²) >= 11 is 4.30. The molecule has 0 saturated carbocycles. The largest absolute Gasteiger partial charge is 0.493 e. The molecule has 2 atom stereocenters.